The van der Waals surface area contributed by atoms with Crippen LogP contribution in [-0.2, 0) is 4.74 Å². The minimum atomic E-state index is -0.490. The van der Waals surface area contributed by atoms with Gasteiger partial charge < -0.3 is 4.74 Å². The van der Waals surface area contributed by atoms with E-state index >= 15 is 0 Å². The Balaban J connectivity index is 2.68. The molecule has 1 aromatic heterocycles. The Morgan fingerprint density at radius 3 is 2.81 bits per heavy atom. The van der Waals surface area contributed by atoms with Crippen molar-refractivity contribution in [2.75, 3.05) is 6.61 Å². The van der Waals surface area contributed by atoms with E-state index < -0.39 is 5.97 Å². The van der Waals surface area contributed by atoms with E-state index in [0.29, 0.717) is 22.3 Å². The minimum Gasteiger partial charge on any atom is -0.462 e. The van der Waals surface area contributed by atoms with E-state index in [1.165, 1.54) is 6.20 Å². The molecule has 0 aliphatic heterocycles. The molecule has 0 aliphatic rings. The molecule has 0 atom stereocenters. The highest BCUT2D eigenvalue weighted by Crippen LogP contribution is 2.27. The molecule has 0 saturated heterocycles. The monoisotopic (exact) mass is 276 g/mol. The van der Waals surface area contributed by atoms with Gasteiger partial charge in [0.2, 0.25) is 0 Å². The first kappa shape index (κ1) is 14.3. The summed E-state index contributed by atoms with van der Waals surface area (Å²) < 4.78 is 5.02. The molecular weight excluding hydrogens is 264 g/mol. The van der Waals surface area contributed by atoms with Gasteiger partial charge in [-0.3, -0.25) is 0 Å². The minimum absolute atomic E-state index is 0.213. The molecule has 0 bridgehead atoms. The second kappa shape index (κ2) is 6.36. The first-order valence-electron chi connectivity index (χ1n) is 6.34. The van der Waals surface area contributed by atoms with Crippen molar-refractivity contribution in [3.63, 3.8) is 0 Å². The molecule has 1 aromatic carbocycles. The van der Waals surface area contributed by atoms with E-state index in [9.17, 15) is 4.79 Å². The largest absolute Gasteiger partial charge is 0.462 e. The number of hydrogen-bond acceptors (Lipinski definition) is 4. The number of nitriles is 1. The smallest absolute Gasteiger partial charge is 0.340 e. The summed E-state index contributed by atoms with van der Waals surface area (Å²) in [6, 6.07) is 10.7. The molecule has 0 unspecified atom stereocenters. The Hall–Kier alpha value is -3.11. The first-order valence-corrected chi connectivity index (χ1v) is 6.34. The Morgan fingerprint density at radius 2 is 2.14 bits per heavy atom. The van der Waals surface area contributed by atoms with Crippen molar-refractivity contribution in [3.05, 3.63) is 53.3 Å². The summed E-state index contributed by atoms with van der Waals surface area (Å²) in [5.41, 5.74) is 2.39. The fraction of sp³-hybridized carbons (Fsp3) is 0.118. The molecule has 0 aliphatic carbocycles. The van der Waals surface area contributed by atoms with Crippen molar-refractivity contribution in [2.24, 2.45) is 0 Å². The van der Waals surface area contributed by atoms with Crippen molar-refractivity contribution in [1.82, 2.24) is 4.98 Å². The zero-order valence-electron chi connectivity index (χ0n) is 11.5. The van der Waals surface area contributed by atoms with Crippen LogP contribution in [0.15, 0.2) is 36.5 Å². The fourth-order valence-electron chi connectivity index (χ4n) is 1.95. The van der Waals surface area contributed by atoms with E-state index in [1.807, 2.05) is 18.2 Å². The number of hydrogen-bond donors (Lipinski definition) is 0. The quantitative estimate of drug-likeness (QED) is 0.638. The molecule has 21 heavy (non-hydrogen) atoms. The predicted octanol–water partition coefficient (Wildman–Crippen LogP) is 2.78. The van der Waals surface area contributed by atoms with Crippen LogP contribution in [0.4, 0.5) is 0 Å². The maximum atomic E-state index is 12.0. The molecule has 0 radical (unpaired) electrons. The van der Waals surface area contributed by atoms with Gasteiger partial charge in [0.1, 0.15) is 11.8 Å². The van der Waals surface area contributed by atoms with Crippen LogP contribution in [0.5, 0.6) is 0 Å². The van der Waals surface area contributed by atoms with Gasteiger partial charge in [0.05, 0.1) is 12.2 Å². The third kappa shape index (κ3) is 2.91. The number of benzene rings is 1. The maximum absolute atomic E-state index is 12.0. The number of esters is 1. The van der Waals surface area contributed by atoms with Gasteiger partial charge in [-0.25, -0.2) is 9.78 Å². The van der Waals surface area contributed by atoms with Crippen molar-refractivity contribution in [3.8, 4) is 29.5 Å². The highest BCUT2D eigenvalue weighted by molar-refractivity contribution is 5.98. The highest BCUT2D eigenvalue weighted by atomic mass is 16.5. The van der Waals surface area contributed by atoms with Gasteiger partial charge in [-0.1, -0.05) is 24.1 Å². The van der Waals surface area contributed by atoms with Crippen LogP contribution in [0.2, 0.25) is 0 Å². The first-order chi connectivity index (χ1) is 10.2. The lowest BCUT2D eigenvalue weighted by Gasteiger charge is -2.10. The Morgan fingerprint density at radius 1 is 1.38 bits per heavy atom. The average molecular weight is 276 g/mol. The number of ether oxygens (including phenoxy) is 1. The topological polar surface area (TPSA) is 63.0 Å². The average Bonchev–Trinajstić information content (AvgIpc) is 2.54. The molecule has 2 rings (SSSR count). The van der Waals surface area contributed by atoms with Crippen molar-refractivity contribution in [1.29, 1.82) is 5.26 Å². The van der Waals surface area contributed by atoms with E-state index in [0.717, 1.165) is 0 Å². The second-order valence-corrected chi connectivity index (χ2v) is 4.14. The highest BCUT2D eigenvalue weighted by Gasteiger charge is 2.17. The van der Waals surface area contributed by atoms with E-state index in [-0.39, 0.29) is 12.3 Å². The molecule has 1 heterocycles. The van der Waals surface area contributed by atoms with E-state index in [2.05, 4.69) is 10.9 Å². The predicted molar refractivity (Wildman–Crippen MR) is 78.3 cm³/mol. The normalized spacial score (nSPS) is 9.48. The van der Waals surface area contributed by atoms with Gasteiger partial charge in [0, 0.05) is 17.3 Å². The number of nitrogens with zero attached hydrogens (tertiary/aromatic N) is 2. The van der Waals surface area contributed by atoms with Crippen molar-refractivity contribution >= 4 is 5.97 Å². The summed E-state index contributed by atoms with van der Waals surface area (Å²) in [5.74, 6) is 2.08. The Kier molecular flexibility index (Phi) is 4.33. The third-order valence-corrected chi connectivity index (χ3v) is 2.89. The summed E-state index contributed by atoms with van der Waals surface area (Å²) in [4.78, 5) is 16.0. The zero-order valence-corrected chi connectivity index (χ0v) is 11.5. The molecule has 0 fully saturated rings. The van der Waals surface area contributed by atoms with Gasteiger partial charge in [-0.05, 0) is 24.6 Å². The summed E-state index contributed by atoms with van der Waals surface area (Å²) in [5, 5.41) is 9.00. The molecule has 0 N–H and O–H groups in total. The van der Waals surface area contributed by atoms with Crippen LogP contribution in [0.3, 0.4) is 0 Å². The van der Waals surface area contributed by atoms with Crippen LogP contribution in [0, 0.1) is 23.7 Å². The number of carbonyl (C=O) groups is 1. The second-order valence-electron chi connectivity index (χ2n) is 4.14. The fourth-order valence-corrected chi connectivity index (χ4v) is 1.95. The van der Waals surface area contributed by atoms with Gasteiger partial charge in [-0.15, -0.1) is 6.42 Å². The molecule has 0 amide bonds. The lowest BCUT2D eigenvalue weighted by Crippen LogP contribution is -2.08. The summed E-state index contributed by atoms with van der Waals surface area (Å²) in [6.45, 7) is 1.99. The van der Waals surface area contributed by atoms with Crippen LogP contribution in [0.1, 0.15) is 28.5 Å². The zero-order chi connectivity index (χ0) is 15.2. The maximum Gasteiger partial charge on any atom is 0.340 e. The van der Waals surface area contributed by atoms with E-state index in [4.69, 9.17) is 16.4 Å². The van der Waals surface area contributed by atoms with Gasteiger partial charge in [-0.2, -0.15) is 5.26 Å². The Labute approximate surface area is 123 Å². The number of pyridine rings is 1. The molecule has 0 spiro atoms. The lowest BCUT2D eigenvalue weighted by molar-refractivity contribution is 0.0527. The van der Waals surface area contributed by atoms with Crippen LogP contribution >= 0.6 is 0 Å². The summed E-state index contributed by atoms with van der Waals surface area (Å²) >= 11 is 0. The Bertz CT molecular complexity index is 767. The van der Waals surface area contributed by atoms with Crippen LogP contribution in [0.25, 0.3) is 11.1 Å². The number of aromatic nitrogens is 1. The van der Waals surface area contributed by atoms with Crippen LogP contribution in [-0.4, -0.2) is 17.6 Å². The van der Waals surface area contributed by atoms with Gasteiger partial charge in [0.15, 0.2) is 0 Å². The lowest BCUT2D eigenvalue weighted by atomic mass is 9.96. The SMILES string of the molecule is C#Cc1ccccc1-c1cc(C#N)ncc1C(=O)OCC. The molecule has 0 saturated carbocycles. The van der Waals surface area contributed by atoms with Crippen molar-refractivity contribution < 1.29 is 9.53 Å². The molecule has 4 nitrogen and oxygen atoms in total. The van der Waals surface area contributed by atoms with Crippen molar-refractivity contribution in [2.45, 2.75) is 6.92 Å². The standard InChI is InChI=1S/C17H12N2O2/c1-3-12-7-5-6-8-14(12)15-9-13(10-18)19-11-16(15)17(20)21-4-2/h1,5-9,11H,4H2,2H3. The van der Waals surface area contributed by atoms with Gasteiger partial charge >= 0.3 is 5.97 Å². The number of terminal acetylenes is 1. The molecule has 4 heteroatoms. The summed E-state index contributed by atoms with van der Waals surface area (Å²) in [7, 11) is 0. The molecular formula is C17H12N2O2. The van der Waals surface area contributed by atoms with Crippen LogP contribution < -0.4 is 0 Å². The summed E-state index contributed by atoms with van der Waals surface area (Å²) in [6.07, 6.45) is 6.84. The number of rotatable bonds is 3. The molecule has 2 aromatic rings. The molecule has 102 valence electrons. The third-order valence-electron chi connectivity index (χ3n) is 2.89. The van der Waals surface area contributed by atoms with E-state index in [1.54, 1.807) is 25.1 Å². The number of carbonyl (C=O) groups excluding carboxylic acids is 1. The van der Waals surface area contributed by atoms with Gasteiger partial charge in [0.25, 0.3) is 0 Å².